The molecular formula is C17H19Cl2N3O. The number of anilines is 2. The van der Waals surface area contributed by atoms with Gasteiger partial charge in [0.2, 0.25) is 0 Å². The van der Waals surface area contributed by atoms with Crippen LogP contribution in [0.15, 0.2) is 36.5 Å². The number of benzene rings is 1. The van der Waals surface area contributed by atoms with Gasteiger partial charge in [-0.15, -0.1) is 0 Å². The van der Waals surface area contributed by atoms with Gasteiger partial charge in [0.05, 0.1) is 10.0 Å². The van der Waals surface area contributed by atoms with E-state index in [4.69, 9.17) is 23.2 Å². The van der Waals surface area contributed by atoms with Gasteiger partial charge in [0.15, 0.2) is 0 Å². The molecule has 0 bridgehead atoms. The van der Waals surface area contributed by atoms with E-state index in [1.165, 1.54) is 0 Å². The zero-order valence-electron chi connectivity index (χ0n) is 12.9. The number of nitrogens with one attached hydrogen (secondary N) is 2. The molecule has 1 amide bonds. The standard InChI is InChI=1S/C17H19Cl2N3O/c1-2-3-4-8-21-17(23)16-11-13(7-9-20-16)22-12-5-6-14(18)15(19)10-12/h5-7,9-11H,2-4,8H2,1H3,(H,20,22)(H,21,23). The summed E-state index contributed by atoms with van der Waals surface area (Å²) >= 11 is 11.9. The van der Waals surface area contributed by atoms with Crippen molar-refractivity contribution in [3.8, 4) is 0 Å². The molecule has 0 aliphatic rings. The maximum absolute atomic E-state index is 12.1. The van der Waals surface area contributed by atoms with Crippen LogP contribution in [-0.4, -0.2) is 17.4 Å². The summed E-state index contributed by atoms with van der Waals surface area (Å²) in [4.78, 5) is 16.2. The quantitative estimate of drug-likeness (QED) is 0.686. The lowest BCUT2D eigenvalue weighted by Crippen LogP contribution is -2.25. The van der Waals surface area contributed by atoms with E-state index in [1.807, 2.05) is 6.07 Å². The van der Waals surface area contributed by atoms with E-state index >= 15 is 0 Å². The normalized spacial score (nSPS) is 10.4. The minimum Gasteiger partial charge on any atom is -0.355 e. The molecule has 0 unspecified atom stereocenters. The number of hydrogen-bond donors (Lipinski definition) is 2. The summed E-state index contributed by atoms with van der Waals surface area (Å²) in [5.41, 5.74) is 1.93. The van der Waals surface area contributed by atoms with Crippen molar-refractivity contribution < 1.29 is 4.79 Å². The van der Waals surface area contributed by atoms with Gasteiger partial charge >= 0.3 is 0 Å². The van der Waals surface area contributed by atoms with Crippen LogP contribution < -0.4 is 10.6 Å². The van der Waals surface area contributed by atoms with Crippen molar-refractivity contribution in [3.05, 3.63) is 52.3 Å². The topological polar surface area (TPSA) is 54.0 Å². The lowest BCUT2D eigenvalue weighted by atomic mass is 10.2. The van der Waals surface area contributed by atoms with E-state index in [-0.39, 0.29) is 5.91 Å². The second kappa shape index (κ2) is 8.75. The summed E-state index contributed by atoms with van der Waals surface area (Å²) in [7, 11) is 0. The highest BCUT2D eigenvalue weighted by atomic mass is 35.5. The highest BCUT2D eigenvalue weighted by Gasteiger charge is 2.08. The molecule has 0 spiro atoms. The van der Waals surface area contributed by atoms with Crippen LogP contribution in [0, 0.1) is 0 Å². The first-order chi connectivity index (χ1) is 11.1. The first-order valence-electron chi connectivity index (χ1n) is 7.56. The molecule has 0 aliphatic heterocycles. The maximum atomic E-state index is 12.1. The predicted octanol–water partition coefficient (Wildman–Crippen LogP) is 5.05. The molecule has 1 heterocycles. The molecule has 2 aromatic rings. The van der Waals surface area contributed by atoms with Crippen LogP contribution in [0.25, 0.3) is 0 Å². The molecule has 0 aliphatic carbocycles. The molecule has 1 aromatic heterocycles. The third-order valence-corrected chi connectivity index (χ3v) is 4.01. The third-order valence-electron chi connectivity index (χ3n) is 3.27. The van der Waals surface area contributed by atoms with Crippen molar-refractivity contribution in [2.75, 3.05) is 11.9 Å². The van der Waals surface area contributed by atoms with E-state index in [2.05, 4.69) is 22.5 Å². The predicted molar refractivity (Wildman–Crippen MR) is 95.8 cm³/mol. The molecular weight excluding hydrogens is 333 g/mol. The number of halogens is 2. The Kier molecular flexibility index (Phi) is 6.68. The molecule has 2 rings (SSSR count). The maximum Gasteiger partial charge on any atom is 0.269 e. The summed E-state index contributed by atoms with van der Waals surface area (Å²) in [6, 6.07) is 8.76. The fourth-order valence-corrected chi connectivity index (χ4v) is 2.34. The van der Waals surface area contributed by atoms with Crippen LogP contribution in [0.1, 0.15) is 36.7 Å². The molecule has 1 aromatic carbocycles. The van der Waals surface area contributed by atoms with Crippen molar-refractivity contribution in [2.45, 2.75) is 26.2 Å². The van der Waals surface area contributed by atoms with Gasteiger partial charge in [-0.3, -0.25) is 9.78 Å². The zero-order chi connectivity index (χ0) is 16.7. The molecule has 4 nitrogen and oxygen atoms in total. The molecule has 0 radical (unpaired) electrons. The van der Waals surface area contributed by atoms with E-state index in [0.29, 0.717) is 22.3 Å². The molecule has 0 saturated heterocycles. The van der Waals surface area contributed by atoms with Gasteiger partial charge < -0.3 is 10.6 Å². The SMILES string of the molecule is CCCCCNC(=O)c1cc(Nc2ccc(Cl)c(Cl)c2)ccn1. The molecule has 2 N–H and O–H groups in total. The van der Waals surface area contributed by atoms with E-state index < -0.39 is 0 Å². The molecule has 0 fully saturated rings. The highest BCUT2D eigenvalue weighted by Crippen LogP contribution is 2.26. The second-order valence-corrected chi connectivity index (χ2v) is 5.96. The minimum atomic E-state index is -0.168. The van der Waals surface area contributed by atoms with Crippen molar-refractivity contribution in [1.29, 1.82) is 0 Å². The van der Waals surface area contributed by atoms with E-state index in [9.17, 15) is 4.79 Å². The number of amides is 1. The van der Waals surface area contributed by atoms with Gasteiger partial charge in [-0.25, -0.2) is 0 Å². The van der Waals surface area contributed by atoms with Gasteiger partial charge in [0.25, 0.3) is 5.91 Å². The Labute approximate surface area is 146 Å². The van der Waals surface area contributed by atoms with Gasteiger partial charge in [-0.2, -0.15) is 0 Å². The highest BCUT2D eigenvalue weighted by molar-refractivity contribution is 6.42. The van der Waals surface area contributed by atoms with Gasteiger partial charge in [-0.1, -0.05) is 43.0 Å². The Hall–Kier alpha value is -1.78. The second-order valence-electron chi connectivity index (χ2n) is 5.15. The van der Waals surface area contributed by atoms with E-state index in [1.54, 1.807) is 30.5 Å². The monoisotopic (exact) mass is 351 g/mol. The Morgan fingerprint density at radius 3 is 2.61 bits per heavy atom. The first-order valence-corrected chi connectivity index (χ1v) is 8.32. The fraction of sp³-hybridized carbons (Fsp3) is 0.294. The molecule has 122 valence electrons. The van der Waals surface area contributed by atoms with Crippen molar-refractivity contribution >= 4 is 40.5 Å². The lowest BCUT2D eigenvalue weighted by molar-refractivity contribution is 0.0948. The third kappa shape index (κ3) is 5.41. The van der Waals surface area contributed by atoms with Gasteiger partial charge in [0, 0.05) is 24.1 Å². The number of unbranched alkanes of at least 4 members (excludes halogenated alkanes) is 2. The van der Waals surface area contributed by atoms with Crippen molar-refractivity contribution in [1.82, 2.24) is 10.3 Å². The smallest absolute Gasteiger partial charge is 0.269 e. The average molecular weight is 352 g/mol. The van der Waals surface area contributed by atoms with Crippen LogP contribution in [0.2, 0.25) is 10.0 Å². The molecule has 0 saturated carbocycles. The van der Waals surface area contributed by atoms with Gasteiger partial charge in [-0.05, 0) is 36.8 Å². The largest absolute Gasteiger partial charge is 0.355 e. The number of pyridine rings is 1. The summed E-state index contributed by atoms with van der Waals surface area (Å²) < 4.78 is 0. The number of aromatic nitrogens is 1. The Morgan fingerprint density at radius 2 is 1.87 bits per heavy atom. The van der Waals surface area contributed by atoms with Crippen molar-refractivity contribution in [2.24, 2.45) is 0 Å². The fourth-order valence-electron chi connectivity index (χ4n) is 2.04. The first kappa shape index (κ1) is 17.6. The Balaban J connectivity index is 2.01. The number of hydrogen-bond acceptors (Lipinski definition) is 3. The van der Waals surface area contributed by atoms with Gasteiger partial charge in [0.1, 0.15) is 5.69 Å². The zero-order valence-corrected chi connectivity index (χ0v) is 14.4. The minimum absolute atomic E-state index is 0.168. The van der Waals surface area contributed by atoms with E-state index in [0.717, 1.165) is 30.6 Å². The molecule has 23 heavy (non-hydrogen) atoms. The Bertz CT molecular complexity index is 677. The summed E-state index contributed by atoms with van der Waals surface area (Å²) in [6.45, 7) is 2.79. The number of carbonyl (C=O) groups is 1. The molecule has 6 heteroatoms. The average Bonchev–Trinajstić information content (AvgIpc) is 2.55. The lowest BCUT2D eigenvalue weighted by Gasteiger charge is -2.09. The van der Waals surface area contributed by atoms with Crippen LogP contribution in [0.4, 0.5) is 11.4 Å². The Morgan fingerprint density at radius 1 is 1.09 bits per heavy atom. The molecule has 0 atom stereocenters. The summed E-state index contributed by atoms with van der Waals surface area (Å²) in [6.07, 6.45) is 4.80. The van der Waals surface area contributed by atoms with Crippen LogP contribution in [0.3, 0.4) is 0 Å². The van der Waals surface area contributed by atoms with Crippen LogP contribution >= 0.6 is 23.2 Å². The number of rotatable bonds is 7. The van der Waals surface area contributed by atoms with Crippen molar-refractivity contribution in [3.63, 3.8) is 0 Å². The van der Waals surface area contributed by atoms with Crippen LogP contribution in [-0.2, 0) is 0 Å². The summed E-state index contributed by atoms with van der Waals surface area (Å²) in [5, 5.41) is 7.03. The van der Waals surface area contributed by atoms with Crippen LogP contribution in [0.5, 0.6) is 0 Å². The summed E-state index contributed by atoms with van der Waals surface area (Å²) in [5.74, 6) is -0.168. The number of nitrogens with zero attached hydrogens (tertiary/aromatic N) is 1. The number of carbonyl (C=O) groups excluding carboxylic acids is 1.